The van der Waals surface area contributed by atoms with Crippen molar-refractivity contribution >= 4 is 5.69 Å². The molecule has 1 aliphatic carbocycles. The molecule has 0 saturated heterocycles. The van der Waals surface area contributed by atoms with Crippen molar-refractivity contribution in [1.82, 2.24) is 0 Å². The Labute approximate surface area is 85.5 Å². The summed E-state index contributed by atoms with van der Waals surface area (Å²) in [5, 5.41) is 3.48. The number of nitrogens with two attached hydrogens (primary N) is 1. The van der Waals surface area contributed by atoms with Crippen LogP contribution in [0, 0.1) is 18.8 Å². The van der Waals surface area contributed by atoms with E-state index >= 15 is 0 Å². The first-order valence-corrected chi connectivity index (χ1v) is 5.31. The van der Waals surface area contributed by atoms with E-state index in [9.17, 15) is 0 Å². The lowest BCUT2D eigenvalue weighted by Gasteiger charge is -2.08. The largest absolute Gasteiger partial charge is 0.385 e. The van der Waals surface area contributed by atoms with Crippen LogP contribution in [-0.4, -0.2) is 13.1 Å². The lowest BCUT2D eigenvalue weighted by atomic mass is 10.2. The molecule has 0 spiro atoms. The highest BCUT2D eigenvalue weighted by molar-refractivity contribution is 5.50. The number of aryl methyl sites for hydroxylation is 1. The van der Waals surface area contributed by atoms with E-state index < -0.39 is 0 Å². The van der Waals surface area contributed by atoms with E-state index in [2.05, 4.69) is 36.5 Å². The van der Waals surface area contributed by atoms with E-state index in [1.54, 1.807) is 0 Å². The van der Waals surface area contributed by atoms with Gasteiger partial charge in [-0.25, -0.2) is 0 Å². The molecule has 1 aliphatic rings. The average molecular weight is 190 g/mol. The smallest absolute Gasteiger partial charge is 0.0369 e. The molecule has 2 rings (SSSR count). The second kappa shape index (κ2) is 4.01. The molecule has 14 heavy (non-hydrogen) atoms. The van der Waals surface area contributed by atoms with Gasteiger partial charge in [-0.3, -0.25) is 0 Å². The van der Waals surface area contributed by atoms with E-state index in [-0.39, 0.29) is 0 Å². The van der Waals surface area contributed by atoms with Gasteiger partial charge < -0.3 is 11.1 Å². The maximum absolute atomic E-state index is 5.60. The minimum atomic E-state index is 0.770. The Morgan fingerprint density at radius 3 is 2.79 bits per heavy atom. The van der Waals surface area contributed by atoms with Crippen LogP contribution >= 0.6 is 0 Å². The normalized spacial score (nSPS) is 24.7. The molecule has 0 heterocycles. The standard InChI is InChI=1S/C12H18N2/c1-9-4-2-3-5-12(9)14-8-11-6-10(11)7-13/h2-5,10-11,14H,6-8,13H2,1H3/t10-,11-/m1/s1. The van der Waals surface area contributed by atoms with Crippen LogP contribution in [0.1, 0.15) is 12.0 Å². The third kappa shape index (κ3) is 2.07. The fourth-order valence-electron chi connectivity index (χ4n) is 1.86. The molecular formula is C12H18N2. The summed E-state index contributed by atoms with van der Waals surface area (Å²) in [4.78, 5) is 0. The van der Waals surface area contributed by atoms with Crippen molar-refractivity contribution < 1.29 is 0 Å². The second-order valence-corrected chi connectivity index (χ2v) is 4.19. The Kier molecular flexibility index (Phi) is 2.73. The summed E-state index contributed by atoms with van der Waals surface area (Å²) in [6.45, 7) is 4.06. The van der Waals surface area contributed by atoms with Crippen molar-refractivity contribution in [3.8, 4) is 0 Å². The number of hydrogen-bond acceptors (Lipinski definition) is 2. The van der Waals surface area contributed by atoms with E-state index in [1.807, 2.05) is 0 Å². The van der Waals surface area contributed by atoms with Crippen LogP contribution in [0.15, 0.2) is 24.3 Å². The lowest BCUT2D eigenvalue weighted by Crippen LogP contribution is -2.09. The summed E-state index contributed by atoms with van der Waals surface area (Å²) in [6.07, 6.45) is 1.30. The van der Waals surface area contributed by atoms with Gasteiger partial charge in [0.15, 0.2) is 0 Å². The van der Waals surface area contributed by atoms with E-state index in [1.165, 1.54) is 17.7 Å². The summed E-state index contributed by atoms with van der Waals surface area (Å²) in [6, 6.07) is 8.41. The van der Waals surface area contributed by atoms with E-state index in [0.29, 0.717) is 0 Å². The quantitative estimate of drug-likeness (QED) is 0.762. The van der Waals surface area contributed by atoms with Gasteiger partial charge in [-0.1, -0.05) is 18.2 Å². The zero-order valence-corrected chi connectivity index (χ0v) is 8.66. The number of nitrogens with one attached hydrogen (secondary N) is 1. The fourth-order valence-corrected chi connectivity index (χ4v) is 1.86. The Morgan fingerprint density at radius 2 is 2.14 bits per heavy atom. The first-order chi connectivity index (χ1) is 6.81. The predicted molar refractivity (Wildman–Crippen MR) is 60.3 cm³/mol. The highest BCUT2D eigenvalue weighted by Crippen LogP contribution is 2.37. The van der Waals surface area contributed by atoms with Crippen LogP contribution in [0.3, 0.4) is 0 Å². The first-order valence-electron chi connectivity index (χ1n) is 5.31. The zero-order chi connectivity index (χ0) is 9.97. The summed E-state index contributed by atoms with van der Waals surface area (Å²) in [5.74, 6) is 1.58. The molecule has 2 heteroatoms. The van der Waals surface area contributed by atoms with Crippen LogP contribution in [0.4, 0.5) is 5.69 Å². The highest BCUT2D eigenvalue weighted by Gasteiger charge is 2.34. The molecule has 0 amide bonds. The van der Waals surface area contributed by atoms with Crippen LogP contribution < -0.4 is 11.1 Å². The topological polar surface area (TPSA) is 38.0 Å². The van der Waals surface area contributed by atoms with Crippen LogP contribution in [0.5, 0.6) is 0 Å². The Balaban J connectivity index is 1.84. The number of rotatable bonds is 4. The minimum absolute atomic E-state index is 0.770. The Morgan fingerprint density at radius 1 is 1.36 bits per heavy atom. The zero-order valence-electron chi connectivity index (χ0n) is 8.66. The molecule has 76 valence electrons. The molecule has 1 aromatic carbocycles. The van der Waals surface area contributed by atoms with Gasteiger partial charge in [0.25, 0.3) is 0 Å². The molecular weight excluding hydrogens is 172 g/mol. The number of hydrogen-bond donors (Lipinski definition) is 2. The number of benzene rings is 1. The highest BCUT2D eigenvalue weighted by atomic mass is 14.9. The number of para-hydroxylation sites is 1. The Hall–Kier alpha value is -1.02. The van der Waals surface area contributed by atoms with Crippen molar-refractivity contribution in [2.75, 3.05) is 18.4 Å². The summed E-state index contributed by atoms with van der Waals surface area (Å²) >= 11 is 0. The average Bonchev–Trinajstić information content (AvgIpc) is 2.95. The third-order valence-corrected chi connectivity index (χ3v) is 3.07. The summed E-state index contributed by atoms with van der Waals surface area (Å²) in [7, 11) is 0. The molecule has 0 aliphatic heterocycles. The lowest BCUT2D eigenvalue weighted by molar-refractivity contribution is 0.733. The maximum Gasteiger partial charge on any atom is 0.0369 e. The van der Waals surface area contributed by atoms with Crippen LogP contribution in [-0.2, 0) is 0 Å². The van der Waals surface area contributed by atoms with Gasteiger partial charge in [0, 0.05) is 12.2 Å². The van der Waals surface area contributed by atoms with Crippen molar-refractivity contribution in [3.63, 3.8) is 0 Å². The molecule has 1 fully saturated rings. The molecule has 2 nitrogen and oxygen atoms in total. The van der Waals surface area contributed by atoms with Crippen molar-refractivity contribution in [3.05, 3.63) is 29.8 Å². The molecule has 1 aromatic rings. The second-order valence-electron chi connectivity index (χ2n) is 4.19. The molecule has 3 N–H and O–H groups in total. The third-order valence-electron chi connectivity index (χ3n) is 3.07. The predicted octanol–water partition coefficient (Wildman–Crippen LogP) is 2.00. The van der Waals surface area contributed by atoms with Crippen LogP contribution in [0.2, 0.25) is 0 Å². The molecule has 0 bridgehead atoms. The van der Waals surface area contributed by atoms with Crippen LogP contribution in [0.25, 0.3) is 0 Å². The molecule has 0 radical (unpaired) electrons. The maximum atomic E-state index is 5.60. The molecule has 0 aromatic heterocycles. The van der Waals surface area contributed by atoms with Gasteiger partial charge in [-0.15, -0.1) is 0 Å². The minimum Gasteiger partial charge on any atom is -0.385 e. The molecule has 1 saturated carbocycles. The van der Waals surface area contributed by atoms with Crippen molar-refractivity contribution in [1.29, 1.82) is 0 Å². The Bertz CT molecular complexity index is 309. The van der Waals surface area contributed by atoms with Gasteiger partial charge in [-0.2, -0.15) is 0 Å². The van der Waals surface area contributed by atoms with Gasteiger partial charge in [0.1, 0.15) is 0 Å². The van der Waals surface area contributed by atoms with E-state index in [0.717, 1.165) is 24.9 Å². The van der Waals surface area contributed by atoms with Gasteiger partial charge in [-0.05, 0) is 43.4 Å². The van der Waals surface area contributed by atoms with Gasteiger partial charge in [0.2, 0.25) is 0 Å². The summed E-state index contributed by atoms with van der Waals surface area (Å²) < 4.78 is 0. The first kappa shape index (κ1) is 9.53. The molecule has 2 atom stereocenters. The monoisotopic (exact) mass is 190 g/mol. The summed E-state index contributed by atoms with van der Waals surface area (Å²) in [5.41, 5.74) is 8.17. The van der Waals surface area contributed by atoms with Gasteiger partial charge in [0.05, 0.1) is 0 Å². The number of anilines is 1. The van der Waals surface area contributed by atoms with Crippen molar-refractivity contribution in [2.24, 2.45) is 17.6 Å². The van der Waals surface area contributed by atoms with Crippen molar-refractivity contribution in [2.45, 2.75) is 13.3 Å². The SMILES string of the molecule is Cc1ccccc1NC[C@H]1C[C@@H]1CN. The van der Waals surface area contributed by atoms with E-state index in [4.69, 9.17) is 5.73 Å². The fraction of sp³-hybridized carbons (Fsp3) is 0.500. The molecule has 0 unspecified atom stereocenters. The van der Waals surface area contributed by atoms with Gasteiger partial charge >= 0.3 is 0 Å².